The molecular formula is C5H6F4O3. The fraction of sp³-hybridized carbons (Fsp3) is 0.800. The van der Waals surface area contributed by atoms with E-state index in [2.05, 4.69) is 0 Å². The van der Waals surface area contributed by atoms with Crippen molar-refractivity contribution in [2.45, 2.75) is 24.9 Å². The van der Waals surface area contributed by atoms with Gasteiger partial charge in [0.2, 0.25) is 0 Å². The molecule has 0 aliphatic rings. The van der Waals surface area contributed by atoms with Gasteiger partial charge in [-0.25, -0.2) is 22.4 Å². The molecule has 0 aromatic heterocycles. The highest BCUT2D eigenvalue weighted by Gasteiger charge is 2.62. The van der Waals surface area contributed by atoms with Crippen LogP contribution in [0.2, 0.25) is 0 Å². The lowest BCUT2D eigenvalue weighted by atomic mass is 9.98. The predicted octanol–water partition coefficient (Wildman–Crippen LogP) is 0.722. The molecule has 0 aliphatic carbocycles. The van der Waals surface area contributed by atoms with Gasteiger partial charge in [-0.1, -0.05) is 0 Å². The predicted molar refractivity (Wildman–Crippen MR) is 29.2 cm³/mol. The molecule has 3 nitrogen and oxygen atoms in total. The lowest BCUT2D eigenvalue weighted by Crippen LogP contribution is -2.58. The van der Waals surface area contributed by atoms with Gasteiger partial charge in [-0.05, 0) is 0 Å². The zero-order valence-corrected chi connectivity index (χ0v) is 5.89. The van der Waals surface area contributed by atoms with E-state index in [0.717, 1.165) is 0 Å². The fourth-order valence-electron chi connectivity index (χ4n) is 0.473. The molecule has 0 rings (SSSR count). The van der Waals surface area contributed by atoms with Crippen molar-refractivity contribution < 1.29 is 32.6 Å². The van der Waals surface area contributed by atoms with Gasteiger partial charge in [0.1, 0.15) is 0 Å². The van der Waals surface area contributed by atoms with Gasteiger partial charge in [0.25, 0.3) is 17.9 Å². The fourth-order valence-corrected chi connectivity index (χ4v) is 0.473. The Labute approximate surface area is 64.6 Å². The largest absolute Gasteiger partial charge is 0.479 e. The first-order chi connectivity index (χ1) is 5.14. The van der Waals surface area contributed by atoms with Gasteiger partial charge in [0.15, 0.2) is 0 Å². The Hall–Kier alpha value is -0.850. The number of halogens is 4. The standard InChI is InChI=1S/C5H6F4O3/c1-4(8,9)5(12,2(6)7)3(10)11/h2,12H,1H3,(H,10,11)/t5-/m1/s1. The van der Waals surface area contributed by atoms with E-state index in [-0.39, 0.29) is 6.92 Å². The number of alkyl halides is 4. The number of aliphatic hydroxyl groups is 1. The summed E-state index contributed by atoms with van der Waals surface area (Å²) in [5.41, 5.74) is -4.31. The summed E-state index contributed by atoms with van der Waals surface area (Å²) in [5.74, 6) is -7.04. The second kappa shape index (κ2) is 2.89. The minimum absolute atomic E-state index is 0.0900. The van der Waals surface area contributed by atoms with Gasteiger partial charge in [-0.2, -0.15) is 0 Å². The van der Waals surface area contributed by atoms with Gasteiger partial charge in [-0.15, -0.1) is 0 Å². The van der Waals surface area contributed by atoms with Crippen LogP contribution in [0.1, 0.15) is 6.92 Å². The highest BCUT2D eigenvalue weighted by molar-refractivity contribution is 5.79. The van der Waals surface area contributed by atoms with E-state index in [1.807, 2.05) is 0 Å². The molecule has 0 unspecified atom stereocenters. The number of carbonyl (C=O) groups is 1. The van der Waals surface area contributed by atoms with Gasteiger partial charge in [-0.3, -0.25) is 0 Å². The number of carboxylic acid groups (broad SMARTS) is 1. The minimum Gasteiger partial charge on any atom is -0.479 e. The van der Waals surface area contributed by atoms with E-state index < -0.39 is 23.9 Å². The number of rotatable bonds is 3. The number of hydrogen-bond donors (Lipinski definition) is 2. The molecule has 0 saturated heterocycles. The van der Waals surface area contributed by atoms with Gasteiger partial charge >= 0.3 is 5.97 Å². The van der Waals surface area contributed by atoms with Crippen LogP contribution in [0.15, 0.2) is 0 Å². The summed E-state index contributed by atoms with van der Waals surface area (Å²) in [6.45, 7) is -0.0900. The maximum Gasteiger partial charge on any atom is 0.348 e. The smallest absolute Gasteiger partial charge is 0.348 e. The van der Waals surface area contributed by atoms with Gasteiger partial charge < -0.3 is 10.2 Å². The highest BCUT2D eigenvalue weighted by Crippen LogP contribution is 2.33. The molecule has 0 amide bonds. The molecule has 1 atom stereocenters. The summed E-state index contributed by atoms with van der Waals surface area (Å²) in [6, 6.07) is 0. The molecule has 0 aromatic carbocycles. The molecule has 7 heteroatoms. The van der Waals surface area contributed by atoms with Crippen LogP contribution in [-0.4, -0.2) is 34.1 Å². The normalized spacial score (nSPS) is 17.6. The summed E-state index contributed by atoms with van der Waals surface area (Å²) in [7, 11) is 0. The third-order valence-electron chi connectivity index (χ3n) is 1.31. The lowest BCUT2D eigenvalue weighted by Gasteiger charge is -2.27. The van der Waals surface area contributed by atoms with Crippen LogP contribution in [0, 0.1) is 0 Å². The second-order valence-corrected chi connectivity index (χ2v) is 2.26. The number of hydrogen-bond acceptors (Lipinski definition) is 2. The van der Waals surface area contributed by atoms with E-state index in [1.54, 1.807) is 0 Å². The van der Waals surface area contributed by atoms with Crippen LogP contribution in [-0.2, 0) is 4.79 Å². The molecule has 0 fully saturated rings. The number of aliphatic carboxylic acids is 1. The SMILES string of the molecule is CC(F)(F)[C@](O)(C(=O)O)C(F)F. The summed E-state index contributed by atoms with van der Waals surface area (Å²) in [6.07, 6.45) is -4.05. The van der Waals surface area contributed by atoms with E-state index in [4.69, 9.17) is 10.2 Å². The van der Waals surface area contributed by atoms with Crippen molar-refractivity contribution in [1.82, 2.24) is 0 Å². The van der Waals surface area contributed by atoms with Crippen LogP contribution >= 0.6 is 0 Å². The van der Waals surface area contributed by atoms with Crippen LogP contribution in [0.25, 0.3) is 0 Å². The van der Waals surface area contributed by atoms with E-state index in [1.165, 1.54) is 0 Å². The quantitative estimate of drug-likeness (QED) is 0.644. The molecule has 0 heterocycles. The molecule has 12 heavy (non-hydrogen) atoms. The van der Waals surface area contributed by atoms with E-state index in [9.17, 15) is 22.4 Å². The van der Waals surface area contributed by atoms with Crippen LogP contribution in [0.4, 0.5) is 17.6 Å². The highest BCUT2D eigenvalue weighted by atomic mass is 19.3. The van der Waals surface area contributed by atoms with Crippen molar-refractivity contribution in [3.05, 3.63) is 0 Å². The first-order valence-electron chi connectivity index (χ1n) is 2.75. The molecule has 0 aliphatic heterocycles. The topological polar surface area (TPSA) is 57.5 Å². The minimum atomic E-state index is -4.40. The van der Waals surface area contributed by atoms with Crippen molar-refractivity contribution in [3.8, 4) is 0 Å². The molecule has 72 valence electrons. The van der Waals surface area contributed by atoms with Crippen molar-refractivity contribution >= 4 is 5.97 Å². The first-order valence-corrected chi connectivity index (χ1v) is 2.75. The molecule has 0 spiro atoms. The summed E-state index contributed by atoms with van der Waals surface area (Å²) in [4.78, 5) is 9.90. The Bertz CT molecular complexity index is 188. The zero-order valence-electron chi connectivity index (χ0n) is 5.89. The zero-order chi connectivity index (χ0) is 10.2. The molecular weight excluding hydrogens is 184 g/mol. The Morgan fingerprint density at radius 1 is 1.42 bits per heavy atom. The van der Waals surface area contributed by atoms with Crippen molar-refractivity contribution in [3.63, 3.8) is 0 Å². The molecule has 2 N–H and O–H groups in total. The van der Waals surface area contributed by atoms with Gasteiger partial charge in [0, 0.05) is 6.92 Å². The van der Waals surface area contributed by atoms with E-state index in [0.29, 0.717) is 0 Å². The average Bonchev–Trinajstić information content (AvgIpc) is 1.82. The van der Waals surface area contributed by atoms with Gasteiger partial charge in [0.05, 0.1) is 0 Å². The summed E-state index contributed by atoms with van der Waals surface area (Å²) < 4.78 is 47.8. The third-order valence-corrected chi connectivity index (χ3v) is 1.31. The Kier molecular flexibility index (Phi) is 2.68. The maximum atomic E-state index is 12.2. The molecule has 0 radical (unpaired) electrons. The second-order valence-electron chi connectivity index (χ2n) is 2.26. The van der Waals surface area contributed by atoms with Crippen molar-refractivity contribution in [2.75, 3.05) is 0 Å². The summed E-state index contributed by atoms with van der Waals surface area (Å²) >= 11 is 0. The summed E-state index contributed by atoms with van der Waals surface area (Å²) in [5, 5.41) is 16.3. The van der Waals surface area contributed by atoms with E-state index >= 15 is 0 Å². The number of carboxylic acids is 1. The lowest BCUT2D eigenvalue weighted by molar-refractivity contribution is -0.236. The Morgan fingerprint density at radius 3 is 1.75 bits per heavy atom. The van der Waals surface area contributed by atoms with Crippen LogP contribution in [0.5, 0.6) is 0 Å². The molecule has 0 bridgehead atoms. The monoisotopic (exact) mass is 190 g/mol. The molecule has 0 aromatic rings. The van der Waals surface area contributed by atoms with Crippen molar-refractivity contribution in [1.29, 1.82) is 0 Å². The Balaban J connectivity index is 5.02. The van der Waals surface area contributed by atoms with Crippen LogP contribution < -0.4 is 0 Å². The Morgan fingerprint density at radius 2 is 1.75 bits per heavy atom. The third kappa shape index (κ3) is 1.50. The van der Waals surface area contributed by atoms with Crippen LogP contribution in [0.3, 0.4) is 0 Å². The van der Waals surface area contributed by atoms with Crippen molar-refractivity contribution in [2.24, 2.45) is 0 Å². The maximum absolute atomic E-state index is 12.2. The molecule has 0 saturated carbocycles. The first kappa shape index (κ1) is 11.2. The average molecular weight is 190 g/mol.